The molecule has 16 heavy (non-hydrogen) atoms. The van der Waals surface area contributed by atoms with E-state index in [1.807, 2.05) is 26.6 Å². The molecule has 0 unspecified atom stereocenters. The van der Waals surface area contributed by atoms with Crippen molar-refractivity contribution in [2.45, 2.75) is 39.4 Å². The van der Waals surface area contributed by atoms with Crippen molar-refractivity contribution >= 4 is 8.32 Å². The van der Waals surface area contributed by atoms with Crippen molar-refractivity contribution < 1.29 is 17.9 Å². The second kappa shape index (κ2) is 7.43. The SMILES string of the molecule is CCCCO/C=C/C(O[Si](C)(C)C)=C(F)F. The van der Waals surface area contributed by atoms with Crippen LogP contribution in [0.2, 0.25) is 19.6 Å². The van der Waals surface area contributed by atoms with Gasteiger partial charge >= 0.3 is 6.08 Å². The van der Waals surface area contributed by atoms with Gasteiger partial charge in [0.2, 0.25) is 8.32 Å². The molecule has 0 aliphatic carbocycles. The normalized spacial score (nSPS) is 11.6. The summed E-state index contributed by atoms with van der Waals surface area (Å²) in [5, 5.41) is 0. The molecule has 2 nitrogen and oxygen atoms in total. The van der Waals surface area contributed by atoms with Gasteiger partial charge in [-0.1, -0.05) is 13.3 Å². The number of halogens is 2. The Hall–Kier alpha value is -0.843. The Bertz CT molecular complexity index is 253. The zero-order valence-corrected chi connectivity index (χ0v) is 11.3. The van der Waals surface area contributed by atoms with Crippen LogP contribution in [0, 0.1) is 0 Å². The zero-order chi connectivity index (χ0) is 12.6. The molecule has 0 bridgehead atoms. The van der Waals surface area contributed by atoms with E-state index in [1.165, 1.54) is 12.3 Å². The fourth-order valence-corrected chi connectivity index (χ4v) is 1.68. The number of ether oxygens (including phenoxy) is 1. The minimum Gasteiger partial charge on any atom is -0.541 e. The van der Waals surface area contributed by atoms with Crippen molar-refractivity contribution in [1.82, 2.24) is 0 Å². The van der Waals surface area contributed by atoms with Gasteiger partial charge in [0.25, 0.3) is 0 Å². The third kappa shape index (κ3) is 8.46. The van der Waals surface area contributed by atoms with Crippen LogP contribution in [0.25, 0.3) is 0 Å². The molecule has 0 saturated carbocycles. The number of hydrogen-bond acceptors (Lipinski definition) is 2. The summed E-state index contributed by atoms with van der Waals surface area (Å²) in [7, 11) is -2.00. The fraction of sp³-hybridized carbons (Fsp3) is 0.636. The Kier molecular flexibility index (Phi) is 7.04. The summed E-state index contributed by atoms with van der Waals surface area (Å²) in [6.07, 6.45) is 2.57. The molecular weight excluding hydrogens is 230 g/mol. The minimum atomic E-state index is -2.00. The molecule has 0 saturated heterocycles. The molecule has 0 amide bonds. The lowest BCUT2D eigenvalue weighted by molar-refractivity contribution is 0.241. The average molecular weight is 250 g/mol. The second-order valence-electron chi connectivity index (χ2n) is 4.37. The summed E-state index contributed by atoms with van der Waals surface area (Å²) >= 11 is 0. The molecule has 0 aromatic rings. The van der Waals surface area contributed by atoms with E-state index in [9.17, 15) is 8.78 Å². The summed E-state index contributed by atoms with van der Waals surface area (Å²) in [6, 6.07) is 0. The molecule has 0 aromatic carbocycles. The van der Waals surface area contributed by atoms with E-state index in [4.69, 9.17) is 9.16 Å². The van der Waals surface area contributed by atoms with E-state index < -0.39 is 14.4 Å². The lowest BCUT2D eigenvalue weighted by Crippen LogP contribution is -2.24. The first kappa shape index (κ1) is 15.2. The molecular formula is C11H20F2O2Si. The molecule has 0 aliphatic rings. The van der Waals surface area contributed by atoms with Crippen LogP contribution in [-0.4, -0.2) is 14.9 Å². The van der Waals surface area contributed by atoms with Crippen LogP contribution in [0.4, 0.5) is 8.78 Å². The van der Waals surface area contributed by atoms with E-state index in [-0.39, 0.29) is 5.76 Å². The smallest absolute Gasteiger partial charge is 0.310 e. The third-order valence-corrected chi connectivity index (χ3v) is 2.37. The number of hydrogen-bond donors (Lipinski definition) is 0. The van der Waals surface area contributed by atoms with Crippen LogP contribution in [0.5, 0.6) is 0 Å². The highest BCUT2D eigenvalue weighted by Crippen LogP contribution is 2.17. The van der Waals surface area contributed by atoms with E-state index in [1.54, 1.807) is 0 Å². The van der Waals surface area contributed by atoms with Gasteiger partial charge in [0, 0.05) is 6.08 Å². The molecule has 0 atom stereocenters. The van der Waals surface area contributed by atoms with Crippen LogP contribution in [0.15, 0.2) is 24.2 Å². The summed E-state index contributed by atoms with van der Waals surface area (Å²) in [5.41, 5.74) is 0. The predicted molar refractivity (Wildman–Crippen MR) is 63.7 cm³/mol. The van der Waals surface area contributed by atoms with E-state index in [0.717, 1.165) is 12.8 Å². The second-order valence-corrected chi connectivity index (χ2v) is 8.80. The van der Waals surface area contributed by atoms with Crippen LogP contribution < -0.4 is 0 Å². The van der Waals surface area contributed by atoms with Gasteiger partial charge in [0.05, 0.1) is 12.9 Å². The lowest BCUT2D eigenvalue weighted by atomic mass is 10.4. The van der Waals surface area contributed by atoms with Crippen molar-refractivity contribution in [3.05, 3.63) is 24.2 Å². The minimum absolute atomic E-state index is 0.379. The Morgan fingerprint density at radius 3 is 2.31 bits per heavy atom. The van der Waals surface area contributed by atoms with Gasteiger partial charge < -0.3 is 9.16 Å². The summed E-state index contributed by atoms with van der Waals surface area (Å²) in [4.78, 5) is 0. The van der Waals surface area contributed by atoms with Gasteiger partial charge in [0.1, 0.15) is 0 Å². The van der Waals surface area contributed by atoms with Crippen molar-refractivity contribution in [3.63, 3.8) is 0 Å². The number of unbranched alkanes of at least 4 members (excludes halogenated alkanes) is 1. The highest BCUT2D eigenvalue weighted by Gasteiger charge is 2.19. The van der Waals surface area contributed by atoms with Crippen LogP contribution in [0.3, 0.4) is 0 Å². The Morgan fingerprint density at radius 2 is 1.88 bits per heavy atom. The molecule has 94 valence electrons. The van der Waals surface area contributed by atoms with E-state index in [0.29, 0.717) is 6.61 Å². The summed E-state index contributed by atoms with van der Waals surface area (Å²) < 4.78 is 35.2. The zero-order valence-electron chi connectivity index (χ0n) is 10.3. The molecule has 0 aromatic heterocycles. The van der Waals surface area contributed by atoms with Gasteiger partial charge in [-0.15, -0.1) is 0 Å². The van der Waals surface area contributed by atoms with Crippen LogP contribution >= 0.6 is 0 Å². The van der Waals surface area contributed by atoms with Gasteiger partial charge in [-0.3, -0.25) is 0 Å². The lowest BCUT2D eigenvalue weighted by Gasteiger charge is -2.18. The number of rotatable bonds is 7. The monoisotopic (exact) mass is 250 g/mol. The summed E-state index contributed by atoms with van der Waals surface area (Å²) in [5.74, 6) is -0.379. The molecule has 0 fully saturated rings. The maximum atomic E-state index is 12.5. The van der Waals surface area contributed by atoms with Crippen molar-refractivity contribution in [3.8, 4) is 0 Å². The highest BCUT2D eigenvalue weighted by atomic mass is 28.4. The van der Waals surface area contributed by atoms with Gasteiger partial charge in [-0.25, -0.2) is 0 Å². The maximum absolute atomic E-state index is 12.5. The topological polar surface area (TPSA) is 18.5 Å². The number of allylic oxidation sites excluding steroid dienone is 1. The molecule has 0 aliphatic heterocycles. The fourth-order valence-electron chi connectivity index (χ4n) is 0.871. The first-order chi connectivity index (χ1) is 7.37. The van der Waals surface area contributed by atoms with Gasteiger partial charge in [-0.2, -0.15) is 8.78 Å². The van der Waals surface area contributed by atoms with Crippen LogP contribution in [-0.2, 0) is 9.16 Å². The van der Waals surface area contributed by atoms with Crippen molar-refractivity contribution in [2.75, 3.05) is 6.61 Å². The Morgan fingerprint density at radius 1 is 1.25 bits per heavy atom. The quantitative estimate of drug-likeness (QED) is 0.291. The molecule has 0 rings (SSSR count). The maximum Gasteiger partial charge on any atom is 0.310 e. The van der Waals surface area contributed by atoms with Gasteiger partial charge in [0.15, 0.2) is 5.76 Å². The molecule has 0 radical (unpaired) electrons. The predicted octanol–water partition coefficient (Wildman–Crippen LogP) is 4.28. The average Bonchev–Trinajstić information content (AvgIpc) is 2.13. The Balaban J connectivity index is 4.22. The van der Waals surface area contributed by atoms with Crippen molar-refractivity contribution in [2.24, 2.45) is 0 Å². The van der Waals surface area contributed by atoms with E-state index >= 15 is 0 Å². The highest BCUT2D eigenvalue weighted by molar-refractivity contribution is 6.70. The largest absolute Gasteiger partial charge is 0.541 e. The van der Waals surface area contributed by atoms with Gasteiger partial charge in [-0.05, 0) is 26.1 Å². The first-order valence-electron chi connectivity index (χ1n) is 5.39. The Labute approximate surface area is 97.1 Å². The van der Waals surface area contributed by atoms with E-state index in [2.05, 4.69) is 0 Å². The van der Waals surface area contributed by atoms with Crippen molar-refractivity contribution in [1.29, 1.82) is 0 Å². The molecule has 0 spiro atoms. The standard InChI is InChI=1S/C11H20F2O2Si/c1-5-6-8-14-9-7-10(11(12)13)15-16(2,3)4/h7,9H,5-6,8H2,1-4H3/b9-7+. The summed E-state index contributed by atoms with van der Waals surface area (Å²) in [6.45, 7) is 8.13. The first-order valence-corrected chi connectivity index (χ1v) is 8.80. The molecule has 0 N–H and O–H groups in total. The van der Waals surface area contributed by atoms with Crippen LogP contribution in [0.1, 0.15) is 19.8 Å². The third-order valence-electron chi connectivity index (χ3n) is 1.53. The molecule has 0 heterocycles. The molecule has 5 heteroatoms.